The van der Waals surface area contributed by atoms with E-state index in [4.69, 9.17) is 10.2 Å². The summed E-state index contributed by atoms with van der Waals surface area (Å²) in [6.45, 7) is 1.87. The van der Waals surface area contributed by atoms with E-state index in [1.54, 1.807) is 12.1 Å². The summed E-state index contributed by atoms with van der Waals surface area (Å²) in [5.41, 5.74) is 5.97. The molecule has 0 atom stereocenters. The summed E-state index contributed by atoms with van der Waals surface area (Å²) in [5.74, 6) is -0.532. The third kappa shape index (κ3) is 1.93. The van der Waals surface area contributed by atoms with Crippen LogP contribution in [0.4, 0.5) is 0 Å². The lowest BCUT2D eigenvalue weighted by atomic mass is 10.2. The van der Waals surface area contributed by atoms with E-state index < -0.39 is 11.5 Å². The van der Waals surface area contributed by atoms with Gasteiger partial charge < -0.3 is 10.2 Å². The fourth-order valence-electron chi connectivity index (χ4n) is 1.45. The second-order valence-electron chi connectivity index (χ2n) is 3.56. The minimum atomic E-state index is -0.581. The highest BCUT2D eigenvalue weighted by atomic mass is 16.4. The Morgan fingerprint density at radius 3 is 2.94 bits per heavy atom. The van der Waals surface area contributed by atoms with Crippen molar-refractivity contribution in [2.45, 2.75) is 13.3 Å². The van der Waals surface area contributed by atoms with Crippen LogP contribution in [0.1, 0.15) is 11.5 Å². The van der Waals surface area contributed by atoms with Crippen molar-refractivity contribution < 1.29 is 9.21 Å². The Balaban J connectivity index is 2.64. The van der Waals surface area contributed by atoms with Crippen LogP contribution < -0.4 is 11.4 Å². The molecule has 0 bridgehead atoms. The topological polar surface area (TPSA) is 86.2 Å². The molecule has 0 spiro atoms. The van der Waals surface area contributed by atoms with E-state index in [9.17, 15) is 9.59 Å². The van der Waals surface area contributed by atoms with Gasteiger partial charge in [-0.2, -0.15) is 0 Å². The highest BCUT2D eigenvalue weighted by molar-refractivity contribution is 5.79. The number of hydrogen-bond donors (Lipinski definition) is 1. The van der Waals surface area contributed by atoms with Crippen molar-refractivity contribution in [1.29, 1.82) is 0 Å². The van der Waals surface area contributed by atoms with Crippen molar-refractivity contribution >= 4 is 16.8 Å². The zero-order valence-electron chi connectivity index (χ0n) is 8.69. The number of rotatable bonds is 2. The second-order valence-corrected chi connectivity index (χ2v) is 3.56. The van der Waals surface area contributed by atoms with Crippen LogP contribution in [0.15, 0.2) is 27.4 Å². The molecule has 0 aliphatic rings. The Morgan fingerprint density at radius 2 is 2.25 bits per heavy atom. The van der Waals surface area contributed by atoms with Crippen molar-refractivity contribution in [3.05, 3.63) is 40.1 Å². The van der Waals surface area contributed by atoms with Gasteiger partial charge in [-0.3, -0.25) is 4.79 Å². The van der Waals surface area contributed by atoms with Gasteiger partial charge in [0.15, 0.2) is 0 Å². The highest BCUT2D eigenvalue weighted by Crippen LogP contribution is 2.10. The normalized spacial score (nSPS) is 10.6. The van der Waals surface area contributed by atoms with Crippen LogP contribution in [0.25, 0.3) is 10.9 Å². The summed E-state index contributed by atoms with van der Waals surface area (Å²) in [6.07, 6.45) is -0.168. The standard InChI is InChI=1S/C11H10N2O3/c1-6-2-3-8-7(4-6)11(15)16-10(13-8)5-9(12)14/h2-4H,5H2,1H3,(H2,12,14). The van der Waals surface area contributed by atoms with E-state index in [0.717, 1.165) is 5.56 Å². The Morgan fingerprint density at radius 1 is 1.50 bits per heavy atom. The number of benzene rings is 1. The van der Waals surface area contributed by atoms with E-state index in [0.29, 0.717) is 10.9 Å². The lowest BCUT2D eigenvalue weighted by molar-refractivity contribution is -0.117. The first kappa shape index (κ1) is 10.4. The van der Waals surface area contributed by atoms with Crippen LogP contribution in [0, 0.1) is 6.92 Å². The molecule has 2 N–H and O–H groups in total. The molecule has 5 nitrogen and oxygen atoms in total. The SMILES string of the molecule is Cc1ccc2nc(CC(N)=O)oc(=O)c2c1. The van der Waals surface area contributed by atoms with Gasteiger partial charge >= 0.3 is 5.63 Å². The molecule has 0 saturated heterocycles. The van der Waals surface area contributed by atoms with Gasteiger partial charge in [-0.05, 0) is 19.1 Å². The van der Waals surface area contributed by atoms with Crippen LogP contribution in [0.5, 0.6) is 0 Å². The molecule has 0 unspecified atom stereocenters. The smallest absolute Gasteiger partial charge is 0.346 e. The highest BCUT2D eigenvalue weighted by Gasteiger charge is 2.08. The average molecular weight is 218 g/mol. The van der Waals surface area contributed by atoms with Crippen molar-refractivity contribution in [2.75, 3.05) is 0 Å². The molecule has 0 fully saturated rings. The third-order valence-electron chi connectivity index (χ3n) is 2.15. The number of carbonyl (C=O) groups excluding carboxylic acids is 1. The van der Waals surface area contributed by atoms with Crippen LogP contribution >= 0.6 is 0 Å². The van der Waals surface area contributed by atoms with Crippen molar-refractivity contribution in [3.8, 4) is 0 Å². The second kappa shape index (κ2) is 3.77. The summed E-state index contributed by atoms with van der Waals surface area (Å²) in [4.78, 5) is 26.3. The van der Waals surface area contributed by atoms with Gasteiger partial charge in [-0.15, -0.1) is 0 Å². The minimum absolute atomic E-state index is 0.0499. The van der Waals surface area contributed by atoms with Crippen molar-refractivity contribution in [2.24, 2.45) is 5.73 Å². The molecule has 0 saturated carbocycles. The Labute approximate surface area is 90.9 Å². The first-order valence-corrected chi connectivity index (χ1v) is 4.75. The molecule has 1 aromatic heterocycles. The number of aryl methyl sites for hydroxylation is 1. The van der Waals surface area contributed by atoms with Gasteiger partial charge in [0.1, 0.15) is 6.42 Å². The molecule has 5 heteroatoms. The summed E-state index contributed by atoms with van der Waals surface area (Å²) >= 11 is 0. The van der Waals surface area contributed by atoms with Gasteiger partial charge in [0.2, 0.25) is 11.8 Å². The number of nitrogens with zero attached hydrogens (tertiary/aromatic N) is 1. The number of amides is 1. The van der Waals surface area contributed by atoms with Gasteiger partial charge in [-0.1, -0.05) is 11.6 Å². The van der Waals surface area contributed by atoms with Gasteiger partial charge in [0.05, 0.1) is 10.9 Å². The fourth-order valence-corrected chi connectivity index (χ4v) is 1.45. The van der Waals surface area contributed by atoms with Crippen molar-refractivity contribution in [3.63, 3.8) is 0 Å². The van der Waals surface area contributed by atoms with Crippen LogP contribution in [0.2, 0.25) is 0 Å². The molecule has 1 amide bonds. The number of aromatic nitrogens is 1. The summed E-state index contributed by atoms with van der Waals surface area (Å²) in [5, 5.41) is 0.410. The molecule has 82 valence electrons. The van der Waals surface area contributed by atoms with E-state index in [1.807, 2.05) is 13.0 Å². The van der Waals surface area contributed by atoms with E-state index in [2.05, 4.69) is 4.98 Å². The number of nitrogens with two attached hydrogens (primary N) is 1. The van der Waals surface area contributed by atoms with Gasteiger partial charge in [0.25, 0.3) is 0 Å². The first-order chi connectivity index (χ1) is 7.56. The largest absolute Gasteiger partial charge is 0.407 e. The molecular weight excluding hydrogens is 208 g/mol. The Bertz CT molecular complexity index is 616. The number of primary amides is 1. The molecule has 0 radical (unpaired) electrons. The zero-order valence-corrected chi connectivity index (χ0v) is 8.69. The maximum atomic E-state index is 11.6. The molecule has 1 heterocycles. The Kier molecular flexibility index (Phi) is 2.44. The predicted octanol–water partition coefficient (Wildman–Crippen LogP) is 0.524. The molecular formula is C11H10N2O3. The van der Waals surface area contributed by atoms with E-state index in [1.165, 1.54) is 0 Å². The molecule has 0 aliphatic heterocycles. The maximum Gasteiger partial charge on any atom is 0.346 e. The zero-order chi connectivity index (χ0) is 11.7. The van der Waals surface area contributed by atoms with Crippen LogP contribution in [-0.2, 0) is 11.2 Å². The maximum absolute atomic E-state index is 11.6. The average Bonchev–Trinajstić information content (AvgIpc) is 2.18. The third-order valence-corrected chi connectivity index (χ3v) is 2.15. The minimum Gasteiger partial charge on any atom is -0.407 e. The molecule has 2 aromatic rings. The lowest BCUT2D eigenvalue weighted by Crippen LogP contribution is -2.16. The number of hydrogen-bond acceptors (Lipinski definition) is 4. The molecule has 16 heavy (non-hydrogen) atoms. The summed E-state index contributed by atoms with van der Waals surface area (Å²) in [6, 6.07) is 5.25. The van der Waals surface area contributed by atoms with Gasteiger partial charge in [0, 0.05) is 0 Å². The van der Waals surface area contributed by atoms with Crippen LogP contribution in [-0.4, -0.2) is 10.9 Å². The monoisotopic (exact) mass is 218 g/mol. The van der Waals surface area contributed by atoms with Gasteiger partial charge in [-0.25, -0.2) is 9.78 Å². The van der Waals surface area contributed by atoms with Crippen molar-refractivity contribution in [1.82, 2.24) is 4.98 Å². The number of carbonyl (C=O) groups is 1. The quantitative estimate of drug-likeness (QED) is 0.796. The van der Waals surface area contributed by atoms with E-state index in [-0.39, 0.29) is 12.3 Å². The first-order valence-electron chi connectivity index (χ1n) is 4.75. The van der Waals surface area contributed by atoms with Crippen LogP contribution in [0.3, 0.4) is 0 Å². The molecule has 1 aromatic carbocycles. The predicted molar refractivity (Wildman–Crippen MR) is 57.9 cm³/mol. The van der Waals surface area contributed by atoms with E-state index >= 15 is 0 Å². The summed E-state index contributed by atoms with van der Waals surface area (Å²) in [7, 11) is 0. The Hall–Kier alpha value is -2.17. The molecule has 0 aliphatic carbocycles. The number of fused-ring (bicyclic) bond motifs is 1. The molecule has 2 rings (SSSR count). The fraction of sp³-hybridized carbons (Fsp3) is 0.182. The lowest BCUT2D eigenvalue weighted by Gasteiger charge is -2.00. The summed E-state index contributed by atoms with van der Waals surface area (Å²) < 4.78 is 4.89.